The van der Waals surface area contributed by atoms with Gasteiger partial charge in [0.2, 0.25) is 0 Å². The molecule has 2 saturated heterocycles. The molecule has 2 aliphatic rings. The van der Waals surface area contributed by atoms with Gasteiger partial charge >= 0.3 is 6.03 Å². The van der Waals surface area contributed by atoms with Crippen molar-refractivity contribution < 1.29 is 4.79 Å². The highest BCUT2D eigenvalue weighted by atomic mass is 16.2. The summed E-state index contributed by atoms with van der Waals surface area (Å²) in [6, 6.07) is 1.53. The Bertz CT molecular complexity index is 324. The molecule has 5 heteroatoms. The molecule has 0 saturated carbocycles. The molecule has 2 rings (SSSR count). The molecule has 5 nitrogen and oxygen atoms in total. The van der Waals surface area contributed by atoms with E-state index < -0.39 is 0 Å². The molecule has 2 N–H and O–H groups in total. The van der Waals surface area contributed by atoms with Crippen LogP contribution in [-0.2, 0) is 0 Å². The molecule has 20 heavy (non-hydrogen) atoms. The van der Waals surface area contributed by atoms with Crippen LogP contribution in [0, 0.1) is 0 Å². The maximum atomic E-state index is 12.0. The number of urea groups is 1. The van der Waals surface area contributed by atoms with Crippen LogP contribution in [0.3, 0.4) is 0 Å². The van der Waals surface area contributed by atoms with Gasteiger partial charge in [0.1, 0.15) is 0 Å². The van der Waals surface area contributed by atoms with Gasteiger partial charge in [-0.25, -0.2) is 4.79 Å². The fraction of sp³-hybridized carbons (Fsp3) is 0.933. The molecule has 2 aliphatic heterocycles. The fourth-order valence-electron chi connectivity index (χ4n) is 3.67. The second-order valence-electron chi connectivity index (χ2n) is 6.56. The molecule has 0 bridgehead atoms. The van der Waals surface area contributed by atoms with Crippen LogP contribution in [0.1, 0.15) is 39.0 Å². The second-order valence-corrected chi connectivity index (χ2v) is 6.56. The second kappa shape index (κ2) is 6.76. The Kier molecular flexibility index (Phi) is 5.27. The zero-order chi connectivity index (χ0) is 14.7. The number of likely N-dealkylation sites (tertiary alicyclic amines) is 2. The van der Waals surface area contributed by atoms with E-state index in [9.17, 15) is 4.79 Å². The molecular formula is C15H30N4O. The summed E-state index contributed by atoms with van der Waals surface area (Å²) in [5, 5.41) is 0. The summed E-state index contributed by atoms with van der Waals surface area (Å²) < 4.78 is 0. The molecule has 2 atom stereocenters. The number of carbonyl (C=O) groups excluding carboxylic acids is 1. The van der Waals surface area contributed by atoms with E-state index in [1.54, 1.807) is 4.90 Å². The number of hydrogen-bond donors (Lipinski definition) is 1. The van der Waals surface area contributed by atoms with Gasteiger partial charge < -0.3 is 15.5 Å². The SMILES string of the molecule is CC(N)C1CCCCN1C1CCN(C(=O)N(C)C)CC1. The normalized spacial score (nSPS) is 27.4. The molecule has 0 aromatic carbocycles. The van der Waals surface area contributed by atoms with Gasteiger partial charge in [-0.1, -0.05) is 6.42 Å². The summed E-state index contributed by atoms with van der Waals surface area (Å²) in [7, 11) is 3.65. The molecule has 2 unspecified atom stereocenters. The summed E-state index contributed by atoms with van der Waals surface area (Å²) in [6.45, 7) is 5.07. The first-order valence-electron chi connectivity index (χ1n) is 7.98. The largest absolute Gasteiger partial charge is 0.331 e. The highest BCUT2D eigenvalue weighted by Gasteiger charge is 2.33. The average Bonchev–Trinajstić information content (AvgIpc) is 2.46. The van der Waals surface area contributed by atoms with E-state index in [0.717, 1.165) is 25.9 Å². The van der Waals surface area contributed by atoms with Crippen molar-refractivity contribution >= 4 is 6.03 Å². The fourth-order valence-corrected chi connectivity index (χ4v) is 3.67. The lowest BCUT2D eigenvalue weighted by Crippen LogP contribution is -2.56. The molecule has 0 aromatic rings. The van der Waals surface area contributed by atoms with Crippen LogP contribution in [-0.4, -0.2) is 72.6 Å². The maximum absolute atomic E-state index is 12.0. The number of piperidine rings is 2. The van der Waals surface area contributed by atoms with Crippen molar-refractivity contribution in [2.75, 3.05) is 33.7 Å². The molecule has 2 fully saturated rings. The van der Waals surface area contributed by atoms with Gasteiger partial charge in [-0.15, -0.1) is 0 Å². The number of nitrogens with zero attached hydrogens (tertiary/aromatic N) is 3. The van der Waals surface area contributed by atoms with Crippen LogP contribution >= 0.6 is 0 Å². The molecule has 116 valence electrons. The van der Waals surface area contributed by atoms with Crippen LogP contribution in [0.25, 0.3) is 0 Å². The van der Waals surface area contributed by atoms with Crippen LogP contribution in [0.4, 0.5) is 4.79 Å². The van der Waals surface area contributed by atoms with Gasteiger partial charge in [0.05, 0.1) is 0 Å². The molecule has 0 aromatic heterocycles. The number of nitrogens with two attached hydrogens (primary N) is 1. The van der Waals surface area contributed by atoms with Crippen LogP contribution < -0.4 is 5.73 Å². The van der Waals surface area contributed by atoms with Crippen molar-refractivity contribution in [3.8, 4) is 0 Å². The van der Waals surface area contributed by atoms with Crippen LogP contribution in [0.2, 0.25) is 0 Å². The first-order chi connectivity index (χ1) is 9.50. The van der Waals surface area contributed by atoms with Crippen LogP contribution in [0.5, 0.6) is 0 Å². The van der Waals surface area contributed by atoms with E-state index in [4.69, 9.17) is 5.73 Å². The minimum atomic E-state index is 0.144. The molecule has 0 spiro atoms. The van der Waals surface area contributed by atoms with E-state index >= 15 is 0 Å². The maximum Gasteiger partial charge on any atom is 0.319 e. The zero-order valence-corrected chi connectivity index (χ0v) is 13.2. The number of rotatable bonds is 2. The van der Waals surface area contributed by atoms with Gasteiger partial charge in [0.25, 0.3) is 0 Å². The van der Waals surface area contributed by atoms with Crippen molar-refractivity contribution in [2.45, 2.75) is 57.2 Å². The first kappa shape index (κ1) is 15.6. The van der Waals surface area contributed by atoms with E-state index in [1.165, 1.54) is 25.8 Å². The van der Waals surface area contributed by atoms with Crippen molar-refractivity contribution in [3.63, 3.8) is 0 Å². The Balaban J connectivity index is 1.90. The number of amides is 2. The highest BCUT2D eigenvalue weighted by molar-refractivity contribution is 5.73. The van der Waals surface area contributed by atoms with Gasteiger partial charge in [0, 0.05) is 45.3 Å². The minimum absolute atomic E-state index is 0.144. The van der Waals surface area contributed by atoms with E-state index in [1.807, 2.05) is 19.0 Å². The molecule has 0 radical (unpaired) electrons. The van der Waals surface area contributed by atoms with Gasteiger partial charge in [-0.05, 0) is 39.2 Å². The average molecular weight is 282 g/mol. The first-order valence-corrected chi connectivity index (χ1v) is 7.98. The third-order valence-corrected chi connectivity index (χ3v) is 4.79. The molecule has 2 amide bonds. The summed E-state index contributed by atoms with van der Waals surface area (Å²) in [6.07, 6.45) is 6.00. The van der Waals surface area contributed by atoms with Gasteiger partial charge in [-0.3, -0.25) is 4.90 Å². The summed E-state index contributed by atoms with van der Waals surface area (Å²) in [4.78, 5) is 18.2. The lowest BCUT2D eigenvalue weighted by Gasteiger charge is -2.46. The number of carbonyl (C=O) groups is 1. The standard InChI is InChI=1S/C15H30N4O/c1-12(16)14-6-4-5-9-19(14)13-7-10-18(11-8-13)15(20)17(2)3/h12-14H,4-11,16H2,1-3H3. The summed E-state index contributed by atoms with van der Waals surface area (Å²) in [5.41, 5.74) is 6.17. The molecular weight excluding hydrogens is 252 g/mol. The van der Waals surface area contributed by atoms with E-state index in [-0.39, 0.29) is 12.1 Å². The minimum Gasteiger partial charge on any atom is -0.331 e. The van der Waals surface area contributed by atoms with Crippen LogP contribution in [0.15, 0.2) is 0 Å². The van der Waals surface area contributed by atoms with Crippen molar-refractivity contribution in [3.05, 3.63) is 0 Å². The topological polar surface area (TPSA) is 52.8 Å². The van der Waals surface area contributed by atoms with E-state index in [2.05, 4.69) is 11.8 Å². The third-order valence-electron chi connectivity index (χ3n) is 4.79. The predicted octanol–water partition coefficient (Wildman–Crippen LogP) is 1.33. The Morgan fingerprint density at radius 1 is 1.15 bits per heavy atom. The Morgan fingerprint density at radius 2 is 1.80 bits per heavy atom. The summed E-state index contributed by atoms with van der Waals surface area (Å²) in [5.74, 6) is 0. The van der Waals surface area contributed by atoms with Gasteiger partial charge in [0.15, 0.2) is 0 Å². The quantitative estimate of drug-likeness (QED) is 0.831. The smallest absolute Gasteiger partial charge is 0.319 e. The molecule has 0 aliphatic carbocycles. The van der Waals surface area contributed by atoms with Crippen molar-refractivity contribution in [2.24, 2.45) is 5.73 Å². The molecule has 2 heterocycles. The number of hydrogen-bond acceptors (Lipinski definition) is 3. The lowest BCUT2D eigenvalue weighted by molar-refractivity contribution is 0.0458. The Labute approximate surface area is 123 Å². The monoisotopic (exact) mass is 282 g/mol. The van der Waals surface area contributed by atoms with E-state index in [0.29, 0.717) is 12.1 Å². The third kappa shape index (κ3) is 3.44. The lowest BCUT2D eigenvalue weighted by atomic mass is 9.92. The highest BCUT2D eigenvalue weighted by Crippen LogP contribution is 2.26. The van der Waals surface area contributed by atoms with Crippen molar-refractivity contribution in [1.82, 2.24) is 14.7 Å². The Morgan fingerprint density at radius 3 is 2.35 bits per heavy atom. The van der Waals surface area contributed by atoms with Crippen molar-refractivity contribution in [1.29, 1.82) is 0 Å². The predicted molar refractivity (Wildman–Crippen MR) is 81.7 cm³/mol. The zero-order valence-electron chi connectivity index (χ0n) is 13.2. The Hall–Kier alpha value is -0.810. The van der Waals surface area contributed by atoms with Gasteiger partial charge in [-0.2, -0.15) is 0 Å². The summed E-state index contributed by atoms with van der Waals surface area (Å²) >= 11 is 0.